The first-order valence-corrected chi connectivity index (χ1v) is 8.88. The zero-order chi connectivity index (χ0) is 19.6. The van der Waals surface area contributed by atoms with Crippen LogP contribution in [-0.2, 0) is 0 Å². The first-order chi connectivity index (χ1) is 12.9. The van der Waals surface area contributed by atoms with Crippen LogP contribution >= 0.6 is 0 Å². The van der Waals surface area contributed by atoms with Gasteiger partial charge in [-0.15, -0.1) is 0 Å². The number of para-hydroxylation sites is 2. The number of imidazole rings is 1. The van der Waals surface area contributed by atoms with Crippen LogP contribution < -0.4 is 16.3 Å². The topological polar surface area (TPSA) is 78.9 Å². The van der Waals surface area contributed by atoms with Crippen LogP contribution in [0.5, 0.6) is 0 Å². The number of aryl methyl sites for hydroxylation is 3. The number of hydrogen-bond donors (Lipinski definition) is 3. The number of carbonyl (C=O) groups excluding carboxylic acids is 1. The van der Waals surface area contributed by atoms with Gasteiger partial charge in [0.1, 0.15) is 0 Å². The highest BCUT2D eigenvalue weighted by atomic mass is 16.2. The molecule has 6 heteroatoms. The highest BCUT2D eigenvalue weighted by Crippen LogP contribution is 2.21. The standard InChI is InChI=1S/C21H24N4O2/c1-13-9-10-14(2)17(11-13)16(4)23-20(26)24-18-7-5-6-8-19(18)25-15(3)12-22-21(25)27/h5-12,16H,1-4H3,(H,22,27)(H2,23,24,26). The molecule has 0 bridgehead atoms. The first-order valence-electron chi connectivity index (χ1n) is 8.88. The maximum Gasteiger partial charge on any atom is 0.330 e. The Morgan fingerprint density at radius 3 is 2.56 bits per heavy atom. The molecule has 3 N–H and O–H groups in total. The van der Waals surface area contributed by atoms with Gasteiger partial charge in [0, 0.05) is 11.9 Å². The third-order valence-electron chi connectivity index (χ3n) is 4.60. The van der Waals surface area contributed by atoms with Gasteiger partial charge in [-0.25, -0.2) is 9.59 Å². The predicted molar refractivity (Wildman–Crippen MR) is 108 cm³/mol. The van der Waals surface area contributed by atoms with Gasteiger partial charge in [0.2, 0.25) is 0 Å². The third-order valence-corrected chi connectivity index (χ3v) is 4.60. The fourth-order valence-corrected chi connectivity index (χ4v) is 3.19. The van der Waals surface area contributed by atoms with E-state index >= 15 is 0 Å². The van der Waals surface area contributed by atoms with E-state index in [4.69, 9.17) is 0 Å². The molecule has 0 radical (unpaired) electrons. The highest BCUT2D eigenvalue weighted by Gasteiger charge is 2.15. The van der Waals surface area contributed by atoms with E-state index in [0.717, 1.165) is 22.4 Å². The largest absolute Gasteiger partial charge is 0.331 e. The van der Waals surface area contributed by atoms with E-state index in [9.17, 15) is 9.59 Å². The molecule has 0 aliphatic heterocycles. The van der Waals surface area contributed by atoms with Crippen LogP contribution in [0.3, 0.4) is 0 Å². The summed E-state index contributed by atoms with van der Waals surface area (Å²) in [7, 11) is 0. The minimum absolute atomic E-state index is 0.145. The molecule has 3 rings (SSSR count). The van der Waals surface area contributed by atoms with Crippen molar-refractivity contribution in [2.75, 3.05) is 5.32 Å². The summed E-state index contributed by atoms with van der Waals surface area (Å²) >= 11 is 0. The molecule has 1 atom stereocenters. The molecule has 0 saturated carbocycles. The van der Waals surface area contributed by atoms with Gasteiger partial charge in [-0.05, 0) is 51.0 Å². The second kappa shape index (κ2) is 7.53. The molecule has 0 aliphatic carbocycles. The minimum atomic E-state index is -0.322. The number of urea groups is 1. The summed E-state index contributed by atoms with van der Waals surface area (Å²) in [6.07, 6.45) is 1.64. The number of nitrogens with one attached hydrogen (secondary N) is 3. The summed E-state index contributed by atoms with van der Waals surface area (Å²) in [5.74, 6) is 0. The van der Waals surface area contributed by atoms with E-state index < -0.39 is 0 Å². The van der Waals surface area contributed by atoms with Crippen molar-refractivity contribution in [3.8, 4) is 5.69 Å². The van der Waals surface area contributed by atoms with Crippen LogP contribution in [0.2, 0.25) is 0 Å². The van der Waals surface area contributed by atoms with Crippen LogP contribution in [0, 0.1) is 20.8 Å². The van der Waals surface area contributed by atoms with Crippen molar-refractivity contribution in [1.29, 1.82) is 0 Å². The Bertz CT molecular complexity index is 1030. The number of anilines is 1. The molecular weight excluding hydrogens is 340 g/mol. The Morgan fingerprint density at radius 1 is 1.11 bits per heavy atom. The quantitative estimate of drug-likeness (QED) is 0.655. The lowest BCUT2D eigenvalue weighted by Gasteiger charge is -2.19. The summed E-state index contributed by atoms with van der Waals surface area (Å²) in [4.78, 5) is 27.3. The van der Waals surface area contributed by atoms with Gasteiger partial charge in [-0.2, -0.15) is 0 Å². The minimum Gasteiger partial charge on any atom is -0.331 e. The van der Waals surface area contributed by atoms with E-state index in [2.05, 4.69) is 33.8 Å². The van der Waals surface area contributed by atoms with Gasteiger partial charge in [-0.3, -0.25) is 4.57 Å². The number of rotatable bonds is 4. The number of aromatic nitrogens is 2. The van der Waals surface area contributed by atoms with Crippen LogP contribution in [-0.4, -0.2) is 15.6 Å². The molecule has 27 heavy (non-hydrogen) atoms. The van der Waals surface area contributed by atoms with E-state index in [-0.39, 0.29) is 17.8 Å². The van der Waals surface area contributed by atoms with Gasteiger partial charge in [-0.1, -0.05) is 35.9 Å². The zero-order valence-electron chi connectivity index (χ0n) is 16.0. The molecular formula is C21H24N4O2. The molecule has 6 nitrogen and oxygen atoms in total. The van der Waals surface area contributed by atoms with Crippen LogP contribution in [0.4, 0.5) is 10.5 Å². The zero-order valence-corrected chi connectivity index (χ0v) is 16.0. The van der Waals surface area contributed by atoms with Gasteiger partial charge in [0.15, 0.2) is 0 Å². The second-order valence-electron chi connectivity index (χ2n) is 6.77. The number of amides is 2. The molecule has 0 fully saturated rings. The van der Waals surface area contributed by atoms with Crippen molar-refractivity contribution >= 4 is 11.7 Å². The lowest BCUT2D eigenvalue weighted by Crippen LogP contribution is -2.32. The molecule has 2 aromatic carbocycles. The van der Waals surface area contributed by atoms with E-state index in [1.807, 2.05) is 39.8 Å². The number of hydrogen-bond acceptors (Lipinski definition) is 2. The van der Waals surface area contributed by atoms with Crippen LogP contribution in [0.25, 0.3) is 5.69 Å². The summed E-state index contributed by atoms with van der Waals surface area (Å²) < 4.78 is 1.53. The van der Waals surface area contributed by atoms with Crippen molar-refractivity contribution in [3.05, 3.63) is 81.5 Å². The number of carbonyl (C=O) groups is 1. The molecule has 1 heterocycles. The summed E-state index contributed by atoms with van der Waals surface area (Å²) in [6.45, 7) is 7.84. The molecule has 3 aromatic rings. The Morgan fingerprint density at radius 2 is 1.85 bits per heavy atom. The van der Waals surface area contributed by atoms with Gasteiger partial charge < -0.3 is 15.6 Å². The number of benzene rings is 2. The fraction of sp³-hybridized carbons (Fsp3) is 0.238. The normalized spacial score (nSPS) is 11.9. The van der Waals surface area contributed by atoms with Crippen molar-refractivity contribution in [2.24, 2.45) is 0 Å². The smallest absolute Gasteiger partial charge is 0.330 e. The number of nitrogens with zero attached hydrogens (tertiary/aromatic N) is 1. The van der Waals surface area contributed by atoms with Crippen molar-refractivity contribution in [1.82, 2.24) is 14.9 Å². The highest BCUT2D eigenvalue weighted by molar-refractivity contribution is 5.91. The van der Waals surface area contributed by atoms with E-state index in [1.54, 1.807) is 18.3 Å². The average molecular weight is 364 g/mol. The van der Waals surface area contributed by atoms with Crippen molar-refractivity contribution in [3.63, 3.8) is 0 Å². The SMILES string of the molecule is Cc1ccc(C)c(C(C)NC(=O)Nc2ccccc2-n2c(C)c[nH]c2=O)c1. The number of H-pyrrole nitrogens is 1. The Labute approximate surface area is 158 Å². The molecule has 0 saturated heterocycles. The fourth-order valence-electron chi connectivity index (χ4n) is 3.19. The van der Waals surface area contributed by atoms with Gasteiger partial charge >= 0.3 is 11.7 Å². The van der Waals surface area contributed by atoms with Gasteiger partial charge in [0.25, 0.3) is 0 Å². The monoisotopic (exact) mass is 364 g/mol. The summed E-state index contributed by atoms with van der Waals surface area (Å²) in [5, 5.41) is 5.83. The molecule has 0 aliphatic rings. The lowest BCUT2D eigenvalue weighted by atomic mass is 10.0. The van der Waals surface area contributed by atoms with Crippen LogP contribution in [0.1, 0.15) is 35.3 Å². The molecule has 0 spiro atoms. The van der Waals surface area contributed by atoms with Crippen molar-refractivity contribution < 1.29 is 4.79 Å². The summed E-state index contributed by atoms with van der Waals surface area (Å²) in [5.41, 5.74) is 5.06. The van der Waals surface area contributed by atoms with Crippen molar-refractivity contribution in [2.45, 2.75) is 33.7 Å². The molecule has 140 valence electrons. The maximum atomic E-state index is 12.6. The molecule has 1 unspecified atom stereocenters. The Kier molecular flexibility index (Phi) is 5.16. The molecule has 1 aromatic heterocycles. The Balaban J connectivity index is 1.81. The number of aromatic amines is 1. The lowest BCUT2D eigenvalue weighted by molar-refractivity contribution is 0.249. The predicted octanol–water partition coefficient (Wildman–Crippen LogP) is 3.97. The maximum absolute atomic E-state index is 12.6. The van der Waals surface area contributed by atoms with E-state index in [1.165, 1.54) is 4.57 Å². The summed E-state index contributed by atoms with van der Waals surface area (Å²) in [6, 6.07) is 12.9. The van der Waals surface area contributed by atoms with E-state index in [0.29, 0.717) is 11.4 Å². The van der Waals surface area contributed by atoms with Gasteiger partial charge in [0.05, 0.1) is 17.4 Å². The first kappa shape index (κ1) is 18.5. The average Bonchev–Trinajstić information content (AvgIpc) is 2.96. The molecule has 2 amide bonds. The second-order valence-corrected chi connectivity index (χ2v) is 6.77. The Hall–Kier alpha value is -3.28. The third kappa shape index (κ3) is 3.95. The van der Waals surface area contributed by atoms with Crippen LogP contribution in [0.15, 0.2) is 53.5 Å².